The third-order valence-electron chi connectivity index (χ3n) is 3.10. The van der Waals surface area contributed by atoms with Gasteiger partial charge in [0.2, 0.25) is 0 Å². The molecule has 0 atom stereocenters. The second kappa shape index (κ2) is 11.1. The minimum absolute atomic E-state index is 0.0358. The highest BCUT2D eigenvalue weighted by molar-refractivity contribution is 5.73. The van der Waals surface area contributed by atoms with E-state index in [9.17, 15) is 4.79 Å². The average Bonchev–Trinajstić information content (AvgIpc) is 2.41. The third kappa shape index (κ3) is 9.73. The molecule has 114 valence electrons. The number of carbonyl (C=O) groups is 1. The molecule has 0 aromatic heterocycles. The van der Waals surface area contributed by atoms with Crippen LogP contribution < -0.4 is 21.3 Å². The predicted molar refractivity (Wildman–Crippen MR) is 81.5 cm³/mol. The van der Waals surface area contributed by atoms with Crippen LogP contribution in [0.2, 0.25) is 0 Å². The zero-order valence-corrected chi connectivity index (χ0v) is 13.1. The standard InChI is InChI=1S/C14H32N4O/c1-5-8-9-17-13(19)18-12-14(4,10-15-6-2)11-16-7-3/h15-16H,5-12H2,1-4H3,(H2,17,18,19). The van der Waals surface area contributed by atoms with Crippen molar-refractivity contribution in [1.82, 2.24) is 21.3 Å². The molecular formula is C14H32N4O. The number of unbranched alkanes of at least 4 members (excludes halogenated alkanes) is 1. The van der Waals surface area contributed by atoms with E-state index in [0.29, 0.717) is 6.54 Å². The quantitative estimate of drug-likeness (QED) is 0.429. The number of hydrogen-bond acceptors (Lipinski definition) is 3. The molecule has 0 heterocycles. The van der Waals surface area contributed by atoms with E-state index >= 15 is 0 Å². The van der Waals surface area contributed by atoms with Crippen molar-refractivity contribution in [3.63, 3.8) is 0 Å². The van der Waals surface area contributed by atoms with Gasteiger partial charge in [-0.2, -0.15) is 0 Å². The van der Waals surface area contributed by atoms with Crippen LogP contribution in [0.5, 0.6) is 0 Å². The first-order valence-corrected chi connectivity index (χ1v) is 7.51. The first-order valence-electron chi connectivity index (χ1n) is 7.51. The van der Waals surface area contributed by atoms with Gasteiger partial charge in [0, 0.05) is 31.6 Å². The summed E-state index contributed by atoms with van der Waals surface area (Å²) in [4.78, 5) is 11.6. The molecule has 0 unspecified atom stereocenters. The lowest BCUT2D eigenvalue weighted by molar-refractivity contribution is 0.227. The van der Waals surface area contributed by atoms with Gasteiger partial charge in [0.05, 0.1) is 0 Å². The number of carbonyl (C=O) groups excluding carboxylic acids is 1. The molecular weight excluding hydrogens is 240 g/mol. The van der Waals surface area contributed by atoms with Gasteiger partial charge in [-0.3, -0.25) is 0 Å². The van der Waals surface area contributed by atoms with Gasteiger partial charge in [0.25, 0.3) is 0 Å². The van der Waals surface area contributed by atoms with E-state index in [2.05, 4.69) is 49.0 Å². The largest absolute Gasteiger partial charge is 0.338 e. The summed E-state index contributed by atoms with van der Waals surface area (Å²) < 4.78 is 0. The van der Waals surface area contributed by atoms with Crippen LogP contribution in [-0.2, 0) is 0 Å². The van der Waals surface area contributed by atoms with E-state index in [1.165, 1.54) is 0 Å². The smallest absolute Gasteiger partial charge is 0.314 e. The summed E-state index contributed by atoms with van der Waals surface area (Å²) in [5, 5.41) is 12.6. The monoisotopic (exact) mass is 272 g/mol. The van der Waals surface area contributed by atoms with Gasteiger partial charge in [-0.15, -0.1) is 0 Å². The molecule has 0 radical (unpaired) electrons. The molecule has 0 bridgehead atoms. The van der Waals surface area contributed by atoms with Crippen LogP contribution in [0.4, 0.5) is 4.79 Å². The van der Waals surface area contributed by atoms with E-state index in [0.717, 1.165) is 45.6 Å². The summed E-state index contributed by atoms with van der Waals surface area (Å²) in [7, 11) is 0. The predicted octanol–water partition coefficient (Wildman–Crippen LogP) is 1.31. The Bertz CT molecular complexity index is 225. The van der Waals surface area contributed by atoms with Crippen molar-refractivity contribution in [2.45, 2.75) is 40.5 Å². The zero-order valence-electron chi connectivity index (χ0n) is 13.1. The summed E-state index contributed by atoms with van der Waals surface area (Å²) in [5.74, 6) is 0. The number of rotatable bonds is 11. The Labute approximate surface area is 118 Å². The molecule has 5 nitrogen and oxygen atoms in total. The Morgan fingerprint density at radius 1 is 0.947 bits per heavy atom. The number of amides is 2. The van der Waals surface area contributed by atoms with E-state index < -0.39 is 0 Å². The lowest BCUT2D eigenvalue weighted by Crippen LogP contribution is -2.49. The lowest BCUT2D eigenvalue weighted by Gasteiger charge is -2.30. The lowest BCUT2D eigenvalue weighted by atomic mass is 9.90. The van der Waals surface area contributed by atoms with Gasteiger partial charge >= 0.3 is 6.03 Å². The first kappa shape index (κ1) is 18.2. The van der Waals surface area contributed by atoms with E-state index in [1.807, 2.05) is 0 Å². The van der Waals surface area contributed by atoms with Crippen LogP contribution in [0.15, 0.2) is 0 Å². The van der Waals surface area contributed by atoms with E-state index in [4.69, 9.17) is 0 Å². The summed E-state index contributed by atoms with van der Waals surface area (Å²) in [6, 6.07) is -0.0623. The van der Waals surface area contributed by atoms with Crippen molar-refractivity contribution in [2.24, 2.45) is 5.41 Å². The van der Waals surface area contributed by atoms with E-state index in [1.54, 1.807) is 0 Å². The van der Waals surface area contributed by atoms with Crippen molar-refractivity contribution in [2.75, 3.05) is 39.3 Å². The molecule has 0 aromatic carbocycles. The van der Waals surface area contributed by atoms with Gasteiger partial charge < -0.3 is 21.3 Å². The summed E-state index contributed by atoms with van der Waals surface area (Å²) in [6.45, 7) is 13.6. The van der Waals surface area contributed by atoms with Gasteiger partial charge in [-0.25, -0.2) is 4.79 Å². The fourth-order valence-corrected chi connectivity index (χ4v) is 1.78. The molecule has 0 spiro atoms. The van der Waals surface area contributed by atoms with Crippen LogP contribution >= 0.6 is 0 Å². The number of nitrogens with one attached hydrogen (secondary N) is 4. The summed E-state index contributed by atoms with van der Waals surface area (Å²) in [6.07, 6.45) is 2.12. The maximum atomic E-state index is 11.6. The molecule has 0 aliphatic rings. The van der Waals surface area contributed by atoms with Crippen molar-refractivity contribution < 1.29 is 4.79 Å². The van der Waals surface area contributed by atoms with Crippen LogP contribution in [0.1, 0.15) is 40.5 Å². The molecule has 5 heteroatoms. The molecule has 0 aliphatic heterocycles. The molecule has 0 saturated heterocycles. The zero-order chi connectivity index (χ0) is 14.6. The molecule has 0 saturated carbocycles. The minimum Gasteiger partial charge on any atom is -0.338 e. The summed E-state index contributed by atoms with van der Waals surface area (Å²) in [5.41, 5.74) is 0.0358. The maximum absolute atomic E-state index is 11.6. The molecule has 0 aromatic rings. The Hall–Kier alpha value is -0.810. The molecule has 0 fully saturated rings. The fraction of sp³-hybridized carbons (Fsp3) is 0.929. The Morgan fingerprint density at radius 3 is 2.00 bits per heavy atom. The van der Waals surface area contributed by atoms with Crippen LogP contribution in [-0.4, -0.2) is 45.3 Å². The molecule has 19 heavy (non-hydrogen) atoms. The maximum Gasteiger partial charge on any atom is 0.314 e. The highest BCUT2D eigenvalue weighted by Gasteiger charge is 2.23. The molecule has 0 rings (SSSR count). The van der Waals surface area contributed by atoms with E-state index in [-0.39, 0.29) is 11.4 Å². The van der Waals surface area contributed by atoms with Crippen LogP contribution in [0.25, 0.3) is 0 Å². The average molecular weight is 272 g/mol. The van der Waals surface area contributed by atoms with Gasteiger partial charge in [-0.1, -0.05) is 34.1 Å². The fourth-order valence-electron chi connectivity index (χ4n) is 1.78. The second-order valence-electron chi connectivity index (χ2n) is 5.33. The Kier molecular flexibility index (Phi) is 10.6. The Balaban J connectivity index is 4.05. The third-order valence-corrected chi connectivity index (χ3v) is 3.10. The highest BCUT2D eigenvalue weighted by atomic mass is 16.2. The van der Waals surface area contributed by atoms with Gasteiger partial charge in [0.15, 0.2) is 0 Å². The SMILES string of the molecule is CCCCNC(=O)NCC(C)(CNCC)CNCC. The van der Waals surface area contributed by atoms with Gasteiger partial charge in [-0.05, 0) is 19.5 Å². The van der Waals surface area contributed by atoms with Crippen molar-refractivity contribution in [1.29, 1.82) is 0 Å². The topological polar surface area (TPSA) is 65.2 Å². The first-order chi connectivity index (χ1) is 9.08. The number of hydrogen-bond donors (Lipinski definition) is 4. The van der Waals surface area contributed by atoms with Crippen molar-refractivity contribution >= 4 is 6.03 Å². The van der Waals surface area contributed by atoms with Crippen LogP contribution in [0, 0.1) is 5.41 Å². The van der Waals surface area contributed by atoms with Gasteiger partial charge in [0.1, 0.15) is 0 Å². The Morgan fingerprint density at radius 2 is 1.53 bits per heavy atom. The van der Waals surface area contributed by atoms with Crippen molar-refractivity contribution in [3.8, 4) is 0 Å². The molecule has 2 amide bonds. The summed E-state index contributed by atoms with van der Waals surface area (Å²) >= 11 is 0. The second-order valence-corrected chi connectivity index (χ2v) is 5.33. The number of urea groups is 1. The van der Waals surface area contributed by atoms with Crippen molar-refractivity contribution in [3.05, 3.63) is 0 Å². The van der Waals surface area contributed by atoms with Crippen LogP contribution in [0.3, 0.4) is 0 Å². The molecule has 0 aliphatic carbocycles. The normalized spacial score (nSPS) is 11.4. The highest BCUT2D eigenvalue weighted by Crippen LogP contribution is 2.12. The molecule has 4 N–H and O–H groups in total. The minimum atomic E-state index is -0.0623.